The molecule has 0 aromatic rings. The molecule has 0 amide bonds. The highest BCUT2D eigenvalue weighted by Crippen LogP contribution is 2.38. The second kappa shape index (κ2) is 6.13. The molecule has 0 N–H and O–H groups in total. The van der Waals surface area contributed by atoms with Crippen LogP contribution in [0.3, 0.4) is 0 Å². The van der Waals surface area contributed by atoms with E-state index in [0.29, 0.717) is 6.61 Å². The summed E-state index contributed by atoms with van der Waals surface area (Å²) in [4.78, 5) is 0. The van der Waals surface area contributed by atoms with Crippen LogP contribution in [0.15, 0.2) is 0 Å². The predicted octanol–water partition coefficient (Wildman–Crippen LogP) is 4.14. The van der Waals surface area contributed by atoms with E-state index in [0.717, 1.165) is 0 Å². The van der Waals surface area contributed by atoms with Gasteiger partial charge in [0.05, 0.1) is 23.9 Å². The number of alkyl halides is 1. The van der Waals surface area contributed by atoms with Gasteiger partial charge >= 0.3 is 0 Å². The van der Waals surface area contributed by atoms with Gasteiger partial charge in [-0.05, 0) is 47.0 Å². The van der Waals surface area contributed by atoms with Crippen LogP contribution in [0.25, 0.3) is 0 Å². The summed E-state index contributed by atoms with van der Waals surface area (Å²) < 4.78 is 32.5. The lowest BCUT2D eigenvalue weighted by molar-refractivity contribution is -0.135. The fourth-order valence-electron chi connectivity index (χ4n) is 2.42. The Kier molecular flexibility index (Phi) is 5.51. The van der Waals surface area contributed by atoms with Gasteiger partial charge in [0.25, 0.3) is 0 Å². The van der Waals surface area contributed by atoms with Crippen LogP contribution in [0, 0.1) is 5.41 Å². The second-order valence-electron chi connectivity index (χ2n) is 9.02. The Morgan fingerprint density at radius 1 is 0.905 bits per heavy atom. The minimum absolute atomic E-state index is 0.268. The summed E-state index contributed by atoms with van der Waals surface area (Å²) in [6.45, 7) is 18.1. The summed E-state index contributed by atoms with van der Waals surface area (Å²) in [6.07, 6.45) is -2.57. The van der Waals surface area contributed by atoms with Crippen molar-refractivity contribution >= 4 is 0 Å². The number of hydrogen-bond donors (Lipinski definition) is 0. The van der Waals surface area contributed by atoms with Gasteiger partial charge in [0.15, 0.2) is 6.17 Å². The number of rotatable bonds is 3. The Morgan fingerprint density at radius 2 is 1.43 bits per heavy atom. The van der Waals surface area contributed by atoms with Crippen molar-refractivity contribution in [3.63, 3.8) is 0 Å². The highest BCUT2D eigenvalue weighted by molar-refractivity contribution is 4.98. The van der Waals surface area contributed by atoms with E-state index in [2.05, 4.69) is 0 Å². The van der Waals surface area contributed by atoms with Crippen LogP contribution in [0.1, 0.15) is 62.3 Å². The molecule has 1 aliphatic rings. The van der Waals surface area contributed by atoms with Gasteiger partial charge in [-0.25, -0.2) is 4.39 Å². The first kappa shape index (κ1) is 18.9. The molecule has 1 fully saturated rings. The van der Waals surface area contributed by atoms with Crippen LogP contribution < -0.4 is 0 Å². The molecule has 21 heavy (non-hydrogen) atoms. The third kappa shape index (κ3) is 5.84. The Hall–Kier alpha value is -0.190. The molecule has 1 unspecified atom stereocenters. The summed E-state index contributed by atoms with van der Waals surface area (Å²) in [7, 11) is 0. The van der Waals surface area contributed by atoms with E-state index >= 15 is 0 Å². The quantitative estimate of drug-likeness (QED) is 0.784. The molecule has 0 aromatic carbocycles. The van der Waals surface area contributed by atoms with Gasteiger partial charge in [0.2, 0.25) is 0 Å². The molecule has 1 saturated heterocycles. The van der Waals surface area contributed by atoms with Gasteiger partial charge in [0.1, 0.15) is 12.2 Å². The summed E-state index contributed by atoms with van der Waals surface area (Å²) in [5, 5.41) is 0. The number of halogens is 1. The molecule has 126 valence electrons. The van der Waals surface area contributed by atoms with Crippen molar-refractivity contribution in [2.45, 2.75) is 98.0 Å². The number of hydrogen-bond acceptors (Lipinski definition) is 3. The van der Waals surface area contributed by atoms with Crippen molar-refractivity contribution < 1.29 is 18.6 Å². The lowest BCUT2D eigenvalue weighted by Gasteiger charge is -2.30. The maximum atomic E-state index is 14.8. The number of ether oxygens (including phenoxy) is 3. The Bertz CT molecular complexity index is 335. The topological polar surface area (TPSA) is 27.7 Å². The van der Waals surface area contributed by atoms with Crippen LogP contribution in [0.2, 0.25) is 0 Å². The molecule has 0 aromatic heterocycles. The molecule has 0 aliphatic carbocycles. The van der Waals surface area contributed by atoms with Crippen LogP contribution in [0.5, 0.6) is 0 Å². The minimum atomic E-state index is -1.14. The van der Waals surface area contributed by atoms with Crippen molar-refractivity contribution in [3.8, 4) is 0 Å². The third-order valence-corrected chi connectivity index (χ3v) is 3.31. The van der Waals surface area contributed by atoms with E-state index in [-0.39, 0.29) is 17.1 Å². The van der Waals surface area contributed by atoms with E-state index in [1.165, 1.54) is 0 Å². The SMILES string of the molecule is CC(C)(C)OC[C@H]1O[C@@H](C(C)(C)C)[C@H](F)C1OC(C)(C)C. The van der Waals surface area contributed by atoms with Gasteiger partial charge in [0, 0.05) is 0 Å². The molecule has 0 radical (unpaired) electrons. The zero-order chi connectivity index (χ0) is 16.6. The Labute approximate surface area is 129 Å². The zero-order valence-electron chi connectivity index (χ0n) is 15.1. The van der Waals surface area contributed by atoms with Crippen molar-refractivity contribution in [1.29, 1.82) is 0 Å². The first-order valence-corrected chi connectivity index (χ1v) is 7.82. The van der Waals surface area contributed by atoms with E-state index in [1.54, 1.807) is 0 Å². The molecular formula is C17H33FO3. The average molecular weight is 304 g/mol. The highest BCUT2D eigenvalue weighted by Gasteiger charge is 2.51. The van der Waals surface area contributed by atoms with Crippen molar-refractivity contribution in [2.75, 3.05) is 6.61 Å². The zero-order valence-corrected chi connectivity index (χ0v) is 15.1. The van der Waals surface area contributed by atoms with Crippen LogP contribution >= 0.6 is 0 Å². The molecule has 0 bridgehead atoms. The standard InChI is InChI=1S/C17H33FO3/c1-15(2,3)14-12(18)13(21-17(7,8)9)11(20-14)10-19-16(4,5)6/h11-14H,10H2,1-9H3/t11-,12-,13?,14-/m1/s1. The molecule has 1 aliphatic heterocycles. The fraction of sp³-hybridized carbons (Fsp3) is 1.00. The Balaban J connectivity index is 2.86. The van der Waals surface area contributed by atoms with Gasteiger partial charge in [-0.2, -0.15) is 0 Å². The Morgan fingerprint density at radius 3 is 1.81 bits per heavy atom. The lowest BCUT2D eigenvalue weighted by atomic mass is 9.86. The summed E-state index contributed by atoms with van der Waals surface area (Å²) in [5.41, 5.74) is -0.957. The molecule has 1 heterocycles. The van der Waals surface area contributed by atoms with E-state index in [4.69, 9.17) is 14.2 Å². The fourth-order valence-corrected chi connectivity index (χ4v) is 2.42. The first-order chi connectivity index (χ1) is 9.21. The molecule has 0 saturated carbocycles. The van der Waals surface area contributed by atoms with Gasteiger partial charge in [-0.1, -0.05) is 20.8 Å². The lowest BCUT2D eigenvalue weighted by Crippen LogP contribution is -2.42. The molecule has 1 rings (SSSR count). The highest BCUT2D eigenvalue weighted by atomic mass is 19.1. The third-order valence-electron chi connectivity index (χ3n) is 3.31. The van der Waals surface area contributed by atoms with Crippen LogP contribution in [0.4, 0.5) is 4.39 Å². The van der Waals surface area contributed by atoms with Crippen molar-refractivity contribution in [2.24, 2.45) is 5.41 Å². The van der Waals surface area contributed by atoms with Crippen molar-refractivity contribution in [1.82, 2.24) is 0 Å². The summed E-state index contributed by atoms with van der Waals surface area (Å²) >= 11 is 0. The van der Waals surface area contributed by atoms with E-state index < -0.39 is 24.0 Å². The predicted molar refractivity (Wildman–Crippen MR) is 83.3 cm³/mol. The summed E-state index contributed by atoms with van der Waals surface area (Å²) in [5.74, 6) is 0. The molecule has 4 atom stereocenters. The van der Waals surface area contributed by atoms with Gasteiger partial charge < -0.3 is 14.2 Å². The normalized spacial score (nSPS) is 31.7. The molecule has 3 nitrogen and oxygen atoms in total. The van der Waals surface area contributed by atoms with Gasteiger partial charge in [-0.15, -0.1) is 0 Å². The maximum absolute atomic E-state index is 14.8. The second-order valence-corrected chi connectivity index (χ2v) is 9.02. The average Bonchev–Trinajstić information content (AvgIpc) is 2.50. The minimum Gasteiger partial charge on any atom is -0.373 e. The largest absolute Gasteiger partial charge is 0.373 e. The van der Waals surface area contributed by atoms with Crippen LogP contribution in [-0.2, 0) is 14.2 Å². The summed E-state index contributed by atoms with van der Waals surface area (Å²) in [6, 6.07) is 0. The van der Waals surface area contributed by atoms with Crippen molar-refractivity contribution in [3.05, 3.63) is 0 Å². The molecule has 0 spiro atoms. The van der Waals surface area contributed by atoms with Gasteiger partial charge in [-0.3, -0.25) is 0 Å². The maximum Gasteiger partial charge on any atom is 0.155 e. The smallest absolute Gasteiger partial charge is 0.155 e. The molecular weight excluding hydrogens is 271 g/mol. The van der Waals surface area contributed by atoms with E-state index in [1.807, 2.05) is 62.3 Å². The monoisotopic (exact) mass is 304 g/mol. The first-order valence-electron chi connectivity index (χ1n) is 7.82. The molecule has 4 heteroatoms. The van der Waals surface area contributed by atoms with E-state index in [9.17, 15) is 4.39 Å². The van der Waals surface area contributed by atoms with Crippen LogP contribution in [-0.4, -0.2) is 42.3 Å².